The first-order chi connectivity index (χ1) is 15.0. The van der Waals surface area contributed by atoms with Gasteiger partial charge in [-0.3, -0.25) is 10.1 Å². The highest BCUT2D eigenvalue weighted by molar-refractivity contribution is 6.16. The van der Waals surface area contributed by atoms with E-state index in [0.29, 0.717) is 11.0 Å². The molecule has 0 aliphatic heterocycles. The zero-order chi connectivity index (χ0) is 21.5. The first-order valence-corrected chi connectivity index (χ1v) is 9.51. The maximum atomic E-state index is 11.4. The van der Waals surface area contributed by atoms with Crippen LogP contribution in [-0.2, 0) is 0 Å². The SMILES string of the molecule is O=C(O)c1ccc(-c2cnc3[nH]c4ccc([N+](=O)[O-])cc4c3c2-c2ccccc2)cc1. The maximum absolute atomic E-state index is 11.4. The number of non-ortho nitro benzene ring substituents is 1. The molecular weight excluding hydrogens is 394 g/mol. The monoisotopic (exact) mass is 409 g/mol. The number of nitro benzene ring substituents is 1. The lowest BCUT2D eigenvalue weighted by molar-refractivity contribution is -0.384. The fourth-order valence-electron chi connectivity index (χ4n) is 3.87. The fourth-order valence-corrected chi connectivity index (χ4v) is 3.87. The first-order valence-electron chi connectivity index (χ1n) is 9.51. The van der Waals surface area contributed by atoms with E-state index in [1.807, 2.05) is 30.3 Å². The largest absolute Gasteiger partial charge is 0.478 e. The minimum absolute atomic E-state index is 0.00336. The molecule has 0 atom stereocenters. The fraction of sp³-hybridized carbons (Fsp3) is 0. The van der Waals surface area contributed by atoms with Crippen LogP contribution in [0.5, 0.6) is 0 Å². The summed E-state index contributed by atoms with van der Waals surface area (Å²) in [6.07, 6.45) is 1.74. The highest BCUT2D eigenvalue weighted by atomic mass is 16.6. The Bertz CT molecular complexity index is 1470. The average Bonchev–Trinajstić information content (AvgIpc) is 3.17. The highest BCUT2D eigenvalue weighted by Crippen LogP contribution is 2.41. The number of H-pyrrole nitrogens is 1. The molecule has 150 valence electrons. The molecule has 7 heteroatoms. The second kappa shape index (κ2) is 7.07. The number of benzene rings is 3. The molecule has 2 heterocycles. The number of carboxylic acids is 1. The molecule has 2 N–H and O–H groups in total. The number of pyridine rings is 1. The second-order valence-corrected chi connectivity index (χ2v) is 7.13. The van der Waals surface area contributed by atoms with Crippen LogP contribution in [0.4, 0.5) is 5.69 Å². The van der Waals surface area contributed by atoms with Crippen LogP contribution in [0.2, 0.25) is 0 Å². The Morgan fingerprint density at radius 3 is 2.39 bits per heavy atom. The van der Waals surface area contributed by atoms with Gasteiger partial charge in [-0.15, -0.1) is 0 Å². The molecule has 0 bridgehead atoms. The molecule has 0 unspecified atom stereocenters. The predicted octanol–water partition coefficient (Wildman–Crippen LogP) is 5.66. The smallest absolute Gasteiger partial charge is 0.335 e. The van der Waals surface area contributed by atoms with Gasteiger partial charge in [0.25, 0.3) is 5.69 Å². The molecule has 0 saturated heterocycles. The standard InChI is InChI=1S/C24H15N3O4/c28-24(29)16-8-6-14(7-9-16)19-13-25-23-22(21(19)15-4-2-1-3-5-15)18-12-17(27(30)31)10-11-20(18)26-23/h1-13H,(H,25,26)(H,28,29). The van der Waals surface area contributed by atoms with E-state index in [1.165, 1.54) is 6.07 Å². The Hall–Kier alpha value is -4.52. The van der Waals surface area contributed by atoms with Gasteiger partial charge >= 0.3 is 5.97 Å². The molecular formula is C24H15N3O4. The van der Waals surface area contributed by atoms with Crippen molar-refractivity contribution in [2.24, 2.45) is 0 Å². The number of nitrogens with zero attached hydrogens (tertiary/aromatic N) is 2. The quantitative estimate of drug-likeness (QED) is 0.294. The normalized spacial score (nSPS) is 11.1. The van der Waals surface area contributed by atoms with Crippen LogP contribution in [0.3, 0.4) is 0 Å². The summed E-state index contributed by atoms with van der Waals surface area (Å²) >= 11 is 0. The van der Waals surface area contributed by atoms with Gasteiger partial charge in [-0.2, -0.15) is 0 Å². The third-order valence-corrected chi connectivity index (χ3v) is 5.32. The maximum Gasteiger partial charge on any atom is 0.335 e. The van der Waals surface area contributed by atoms with Crippen LogP contribution in [0.25, 0.3) is 44.2 Å². The van der Waals surface area contributed by atoms with E-state index in [2.05, 4.69) is 9.97 Å². The van der Waals surface area contributed by atoms with E-state index in [1.54, 1.807) is 42.6 Å². The molecule has 5 rings (SSSR count). The van der Waals surface area contributed by atoms with Gasteiger partial charge in [0.2, 0.25) is 0 Å². The molecule has 0 saturated carbocycles. The van der Waals surface area contributed by atoms with Gasteiger partial charge in [0.05, 0.1) is 10.5 Å². The van der Waals surface area contributed by atoms with Crippen molar-refractivity contribution < 1.29 is 14.8 Å². The number of nitro groups is 1. The summed E-state index contributed by atoms with van der Waals surface area (Å²) in [6, 6.07) is 21.0. The van der Waals surface area contributed by atoms with Gasteiger partial charge in [-0.1, -0.05) is 42.5 Å². The summed E-state index contributed by atoms with van der Waals surface area (Å²) in [4.78, 5) is 30.0. The van der Waals surface area contributed by atoms with Crippen LogP contribution >= 0.6 is 0 Å². The number of carbonyl (C=O) groups is 1. The number of rotatable bonds is 4. The van der Waals surface area contributed by atoms with Crippen molar-refractivity contribution in [2.45, 2.75) is 0 Å². The molecule has 31 heavy (non-hydrogen) atoms. The number of carboxylic acid groups (broad SMARTS) is 1. The lowest BCUT2D eigenvalue weighted by Gasteiger charge is -2.12. The minimum atomic E-state index is -0.993. The third-order valence-electron chi connectivity index (χ3n) is 5.32. The van der Waals surface area contributed by atoms with Crippen molar-refractivity contribution in [3.63, 3.8) is 0 Å². The number of nitrogens with one attached hydrogen (secondary N) is 1. The molecule has 0 spiro atoms. The molecule has 3 aromatic carbocycles. The van der Waals surface area contributed by atoms with Crippen LogP contribution in [0.1, 0.15) is 10.4 Å². The summed E-state index contributed by atoms with van der Waals surface area (Å²) in [5.41, 5.74) is 5.00. The summed E-state index contributed by atoms with van der Waals surface area (Å²) < 4.78 is 0. The number of aromatic amines is 1. The molecule has 0 fully saturated rings. The third kappa shape index (κ3) is 3.08. The van der Waals surface area contributed by atoms with Crippen LogP contribution < -0.4 is 0 Å². The summed E-state index contributed by atoms with van der Waals surface area (Å²) in [5.74, 6) is -0.993. The summed E-state index contributed by atoms with van der Waals surface area (Å²) in [7, 11) is 0. The Balaban J connectivity index is 1.87. The minimum Gasteiger partial charge on any atom is -0.478 e. The van der Waals surface area contributed by atoms with E-state index < -0.39 is 10.9 Å². The van der Waals surface area contributed by atoms with E-state index in [4.69, 9.17) is 0 Å². The van der Waals surface area contributed by atoms with E-state index >= 15 is 0 Å². The number of hydrogen-bond donors (Lipinski definition) is 2. The Morgan fingerprint density at radius 2 is 1.71 bits per heavy atom. The Kier molecular flexibility index (Phi) is 4.22. The predicted molar refractivity (Wildman–Crippen MR) is 118 cm³/mol. The summed E-state index contributed by atoms with van der Waals surface area (Å²) in [5, 5.41) is 22.1. The van der Waals surface area contributed by atoms with E-state index in [0.717, 1.165) is 33.2 Å². The van der Waals surface area contributed by atoms with Crippen molar-refractivity contribution in [3.05, 3.63) is 94.7 Å². The second-order valence-electron chi connectivity index (χ2n) is 7.13. The van der Waals surface area contributed by atoms with Gasteiger partial charge in [-0.05, 0) is 29.3 Å². The van der Waals surface area contributed by atoms with Crippen molar-refractivity contribution in [2.75, 3.05) is 0 Å². The number of fused-ring (bicyclic) bond motifs is 3. The lowest BCUT2D eigenvalue weighted by atomic mass is 9.92. The van der Waals surface area contributed by atoms with Gasteiger partial charge in [0.15, 0.2) is 0 Å². The number of aromatic carboxylic acids is 1. The van der Waals surface area contributed by atoms with Crippen molar-refractivity contribution in [3.8, 4) is 22.3 Å². The van der Waals surface area contributed by atoms with Gasteiger partial charge < -0.3 is 10.1 Å². The zero-order valence-electron chi connectivity index (χ0n) is 16.1. The molecule has 0 aliphatic carbocycles. The van der Waals surface area contributed by atoms with Crippen molar-refractivity contribution >= 4 is 33.6 Å². The first kappa shape index (κ1) is 18.5. The average molecular weight is 409 g/mol. The lowest BCUT2D eigenvalue weighted by Crippen LogP contribution is -1.96. The molecule has 7 nitrogen and oxygen atoms in total. The van der Waals surface area contributed by atoms with Gasteiger partial charge in [0.1, 0.15) is 5.65 Å². The Labute approximate surface area is 175 Å². The highest BCUT2D eigenvalue weighted by Gasteiger charge is 2.19. The Morgan fingerprint density at radius 1 is 0.968 bits per heavy atom. The number of aromatic nitrogens is 2. The van der Waals surface area contributed by atoms with E-state index in [9.17, 15) is 20.0 Å². The molecule has 5 aromatic rings. The molecule has 0 amide bonds. The topological polar surface area (TPSA) is 109 Å². The van der Waals surface area contributed by atoms with Crippen LogP contribution in [0, 0.1) is 10.1 Å². The van der Waals surface area contributed by atoms with Gasteiger partial charge in [-0.25, -0.2) is 9.78 Å². The molecule has 0 aliphatic rings. The molecule has 2 aromatic heterocycles. The van der Waals surface area contributed by atoms with E-state index in [-0.39, 0.29) is 11.3 Å². The zero-order valence-corrected chi connectivity index (χ0v) is 16.1. The van der Waals surface area contributed by atoms with Crippen molar-refractivity contribution in [1.29, 1.82) is 0 Å². The number of hydrogen-bond acceptors (Lipinski definition) is 4. The van der Waals surface area contributed by atoms with Gasteiger partial charge in [0, 0.05) is 45.7 Å². The van der Waals surface area contributed by atoms with Crippen molar-refractivity contribution in [1.82, 2.24) is 9.97 Å². The van der Waals surface area contributed by atoms with Crippen LogP contribution in [-0.4, -0.2) is 26.0 Å². The summed E-state index contributed by atoms with van der Waals surface area (Å²) in [6.45, 7) is 0. The van der Waals surface area contributed by atoms with Crippen LogP contribution in [0.15, 0.2) is 79.0 Å². The molecule has 0 radical (unpaired) electrons.